The van der Waals surface area contributed by atoms with Gasteiger partial charge >= 0.3 is 0 Å². The van der Waals surface area contributed by atoms with Crippen LogP contribution in [0.25, 0.3) is 10.2 Å². The van der Waals surface area contributed by atoms with Crippen molar-refractivity contribution in [2.24, 2.45) is 5.92 Å². The number of hydrogen-bond donors (Lipinski definition) is 1. The normalized spacial score (nSPS) is 19.6. The van der Waals surface area contributed by atoms with E-state index >= 15 is 0 Å². The molecule has 0 spiro atoms. The quantitative estimate of drug-likeness (QED) is 0.837. The van der Waals surface area contributed by atoms with Crippen molar-refractivity contribution >= 4 is 33.3 Å². The molecular weight excluding hydrogens is 356 g/mol. The number of rotatable bonds is 3. The fourth-order valence-corrected chi connectivity index (χ4v) is 5.51. The molecule has 1 aliphatic heterocycles. The van der Waals surface area contributed by atoms with Gasteiger partial charge in [0.15, 0.2) is 0 Å². The van der Waals surface area contributed by atoms with Crippen LogP contribution in [0.4, 0.5) is 5.82 Å². The second kappa shape index (κ2) is 7.74. The number of aromatic nitrogens is 2. The molecule has 1 saturated carbocycles. The number of carbonyl (C=O) groups excluding carboxylic acids is 1. The van der Waals surface area contributed by atoms with Crippen LogP contribution in [-0.2, 0) is 0 Å². The number of anilines is 1. The topological polar surface area (TPSA) is 58.1 Å². The van der Waals surface area contributed by atoms with Gasteiger partial charge in [-0.25, -0.2) is 9.97 Å². The van der Waals surface area contributed by atoms with Crippen LogP contribution in [-0.4, -0.2) is 35.0 Å². The summed E-state index contributed by atoms with van der Waals surface area (Å²) in [6.07, 6.45) is 8.33. The first-order chi connectivity index (χ1) is 13.0. The predicted octanol–water partition coefficient (Wildman–Crippen LogP) is 4.61. The van der Waals surface area contributed by atoms with Gasteiger partial charge in [-0.05, 0) is 51.0 Å². The Morgan fingerprint density at radius 1 is 1.07 bits per heavy atom. The molecule has 4 rings (SSSR count). The zero-order chi connectivity index (χ0) is 19.0. The second-order valence-corrected chi connectivity index (χ2v) is 9.31. The summed E-state index contributed by atoms with van der Waals surface area (Å²) >= 11 is 1.52. The lowest BCUT2D eigenvalue weighted by Gasteiger charge is -2.31. The summed E-state index contributed by atoms with van der Waals surface area (Å²) in [5.74, 6) is 2.66. The maximum absolute atomic E-state index is 13.0. The summed E-state index contributed by atoms with van der Waals surface area (Å²) < 4.78 is 0. The molecule has 0 bridgehead atoms. The molecule has 1 amide bonds. The van der Waals surface area contributed by atoms with Gasteiger partial charge in [-0.15, -0.1) is 11.3 Å². The fraction of sp³-hybridized carbons (Fsp3) is 0.667. The first-order valence-corrected chi connectivity index (χ1v) is 11.2. The van der Waals surface area contributed by atoms with E-state index in [1.54, 1.807) is 0 Å². The van der Waals surface area contributed by atoms with Crippen molar-refractivity contribution in [1.29, 1.82) is 0 Å². The van der Waals surface area contributed by atoms with Crippen molar-refractivity contribution in [2.75, 3.05) is 18.0 Å². The lowest BCUT2D eigenvalue weighted by molar-refractivity contribution is 0.0931. The lowest BCUT2D eigenvalue weighted by atomic mass is 9.95. The van der Waals surface area contributed by atoms with E-state index in [9.17, 15) is 4.79 Å². The average Bonchev–Trinajstić information content (AvgIpc) is 2.99. The molecule has 1 aliphatic carbocycles. The minimum absolute atomic E-state index is 0.0678. The van der Waals surface area contributed by atoms with E-state index in [4.69, 9.17) is 4.98 Å². The molecule has 146 valence electrons. The molecule has 0 atom stereocenters. The monoisotopic (exact) mass is 386 g/mol. The SMILES string of the molecule is Cc1nc(N2CCC(C)CC2)c2c(C)c(C(=O)NC3CCCCC3)sc2n1. The van der Waals surface area contributed by atoms with Gasteiger partial charge in [0.2, 0.25) is 0 Å². The van der Waals surface area contributed by atoms with E-state index in [0.717, 1.165) is 64.1 Å². The summed E-state index contributed by atoms with van der Waals surface area (Å²) in [6, 6.07) is 0.326. The van der Waals surface area contributed by atoms with Gasteiger partial charge in [0.25, 0.3) is 5.91 Å². The largest absolute Gasteiger partial charge is 0.356 e. The molecule has 6 heteroatoms. The molecule has 1 saturated heterocycles. The van der Waals surface area contributed by atoms with Gasteiger partial charge in [-0.3, -0.25) is 4.79 Å². The predicted molar refractivity (Wildman–Crippen MR) is 112 cm³/mol. The molecule has 1 N–H and O–H groups in total. The van der Waals surface area contributed by atoms with Crippen molar-refractivity contribution in [3.63, 3.8) is 0 Å². The van der Waals surface area contributed by atoms with E-state index in [0.29, 0.717) is 6.04 Å². The van der Waals surface area contributed by atoms with Gasteiger partial charge in [0, 0.05) is 19.1 Å². The fourth-order valence-electron chi connectivity index (χ4n) is 4.39. The highest BCUT2D eigenvalue weighted by molar-refractivity contribution is 7.20. The Morgan fingerprint density at radius 2 is 1.78 bits per heavy atom. The molecule has 5 nitrogen and oxygen atoms in total. The maximum atomic E-state index is 13.0. The molecule has 0 unspecified atom stereocenters. The highest BCUT2D eigenvalue weighted by Crippen LogP contribution is 2.37. The number of fused-ring (bicyclic) bond motifs is 1. The summed E-state index contributed by atoms with van der Waals surface area (Å²) in [6.45, 7) is 8.40. The van der Waals surface area contributed by atoms with Crippen LogP contribution in [0.5, 0.6) is 0 Å². The highest BCUT2D eigenvalue weighted by Gasteiger charge is 2.26. The summed E-state index contributed by atoms with van der Waals surface area (Å²) in [7, 11) is 0. The zero-order valence-electron chi connectivity index (χ0n) is 16.7. The van der Waals surface area contributed by atoms with Crippen molar-refractivity contribution in [2.45, 2.75) is 71.8 Å². The zero-order valence-corrected chi connectivity index (χ0v) is 17.5. The van der Waals surface area contributed by atoms with Crippen molar-refractivity contribution in [3.05, 3.63) is 16.3 Å². The van der Waals surface area contributed by atoms with Crippen LogP contribution >= 0.6 is 11.3 Å². The Kier molecular flexibility index (Phi) is 5.35. The number of piperidine rings is 1. The van der Waals surface area contributed by atoms with E-state index in [2.05, 4.69) is 29.0 Å². The molecule has 2 fully saturated rings. The van der Waals surface area contributed by atoms with Crippen molar-refractivity contribution in [1.82, 2.24) is 15.3 Å². The van der Waals surface area contributed by atoms with Gasteiger partial charge in [-0.2, -0.15) is 0 Å². The third kappa shape index (κ3) is 3.82. The second-order valence-electron chi connectivity index (χ2n) is 8.31. The van der Waals surface area contributed by atoms with Gasteiger partial charge in [0.05, 0.1) is 10.3 Å². The van der Waals surface area contributed by atoms with Gasteiger partial charge in [-0.1, -0.05) is 26.2 Å². The average molecular weight is 387 g/mol. The van der Waals surface area contributed by atoms with Crippen LogP contribution < -0.4 is 10.2 Å². The third-order valence-corrected chi connectivity index (χ3v) is 7.30. The Hall–Kier alpha value is -1.69. The molecule has 0 radical (unpaired) electrons. The number of amides is 1. The van der Waals surface area contributed by atoms with Crippen LogP contribution in [0.3, 0.4) is 0 Å². The number of thiophene rings is 1. The Bertz CT molecular complexity index is 832. The number of nitrogens with one attached hydrogen (secondary N) is 1. The summed E-state index contributed by atoms with van der Waals surface area (Å²) in [5.41, 5.74) is 1.04. The molecule has 0 aromatic carbocycles. The van der Waals surface area contributed by atoms with Crippen molar-refractivity contribution < 1.29 is 4.79 Å². The Labute approximate surface area is 165 Å². The maximum Gasteiger partial charge on any atom is 0.261 e. The minimum Gasteiger partial charge on any atom is -0.356 e. The summed E-state index contributed by atoms with van der Waals surface area (Å²) in [4.78, 5) is 26.5. The van der Waals surface area contributed by atoms with Crippen LogP contribution in [0.2, 0.25) is 0 Å². The Balaban J connectivity index is 1.66. The minimum atomic E-state index is 0.0678. The molecule has 2 aromatic rings. The standard InChI is InChI=1S/C21H30N4OS/c1-13-9-11-25(12-10-13)19-17-14(2)18(27-21(17)23-15(3)22-19)20(26)24-16-7-5-4-6-8-16/h13,16H,4-12H2,1-3H3,(H,24,26). The Morgan fingerprint density at radius 3 is 2.48 bits per heavy atom. The number of nitrogens with zero attached hydrogens (tertiary/aromatic N) is 3. The first kappa shape index (κ1) is 18.7. The van der Waals surface area contributed by atoms with Crippen molar-refractivity contribution in [3.8, 4) is 0 Å². The number of hydrogen-bond acceptors (Lipinski definition) is 5. The smallest absolute Gasteiger partial charge is 0.261 e. The molecule has 2 aromatic heterocycles. The van der Waals surface area contributed by atoms with Gasteiger partial charge < -0.3 is 10.2 Å². The molecule has 2 aliphatic rings. The first-order valence-electron chi connectivity index (χ1n) is 10.4. The van der Waals surface area contributed by atoms with E-state index in [1.807, 2.05) is 6.92 Å². The summed E-state index contributed by atoms with van der Waals surface area (Å²) in [5, 5.41) is 4.34. The van der Waals surface area contributed by atoms with Crippen LogP contribution in [0.15, 0.2) is 0 Å². The third-order valence-electron chi connectivity index (χ3n) is 6.11. The molecular formula is C21H30N4OS. The van der Waals surface area contributed by atoms with E-state index in [-0.39, 0.29) is 5.91 Å². The molecule has 3 heterocycles. The number of carbonyl (C=O) groups is 1. The van der Waals surface area contributed by atoms with Gasteiger partial charge in [0.1, 0.15) is 16.5 Å². The van der Waals surface area contributed by atoms with E-state index in [1.165, 1.54) is 43.4 Å². The lowest BCUT2D eigenvalue weighted by Crippen LogP contribution is -2.36. The molecule has 27 heavy (non-hydrogen) atoms. The van der Waals surface area contributed by atoms with Crippen LogP contribution in [0, 0.1) is 19.8 Å². The van der Waals surface area contributed by atoms with Crippen LogP contribution in [0.1, 0.15) is 72.9 Å². The highest BCUT2D eigenvalue weighted by atomic mass is 32.1. The van der Waals surface area contributed by atoms with E-state index < -0.39 is 0 Å². The number of aryl methyl sites for hydroxylation is 2.